The van der Waals surface area contributed by atoms with Gasteiger partial charge in [-0.2, -0.15) is 5.10 Å². The minimum atomic E-state index is -0.955. The van der Waals surface area contributed by atoms with Gasteiger partial charge in [0.1, 0.15) is 5.75 Å². The van der Waals surface area contributed by atoms with E-state index in [0.717, 1.165) is 41.8 Å². The number of halogens is 2. The van der Waals surface area contributed by atoms with E-state index in [0.29, 0.717) is 17.8 Å². The predicted octanol–water partition coefficient (Wildman–Crippen LogP) is 3.84. The van der Waals surface area contributed by atoms with Gasteiger partial charge < -0.3 is 10.4 Å². The second-order valence-electron chi connectivity index (χ2n) is 6.93. The van der Waals surface area contributed by atoms with E-state index in [-0.39, 0.29) is 17.7 Å². The summed E-state index contributed by atoms with van der Waals surface area (Å²) in [4.78, 5) is 12.9. The van der Waals surface area contributed by atoms with Crippen LogP contribution >= 0.6 is 0 Å². The minimum absolute atomic E-state index is 0.127. The lowest BCUT2D eigenvalue weighted by atomic mass is 10.1. The van der Waals surface area contributed by atoms with Gasteiger partial charge in [-0.05, 0) is 56.0 Å². The third kappa shape index (κ3) is 3.24. The lowest BCUT2D eigenvalue weighted by Gasteiger charge is -2.14. The molecule has 1 atom stereocenters. The maximum absolute atomic E-state index is 13.7. The zero-order valence-electron chi connectivity index (χ0n) is 15.2. The number of aromatic nitrogens is 2. The zero-order valence-corrected chi connectivity index (χ0v) is 15.2. The highest BCUT2D eigenvalue weighted by atomic mass is 19.2. The monoisotopic (exact) mass is 383 g/mol. The lowest BCUT2D eigenvalue weighted by Crippen LogP contribution is -2.27. The highest BCUT2D eigenvalue weighted by molar-refractivity contribution is 5.94. The van der Waals surface area contributed by atoms with E-state index in [1.54, 1.807) is 18.2 Å². The van der Waals surface area contributed by atoms with Crippen molar-refractivity contribution in [2.75, 3.05) is 0 Å². The Kier molecular flexibility index (Phi) is 4.58. The average molecular weight is 383 g/mol. The number of hydrogen-bond acceptors (Lipinski definition) is 3. The molecule has 28 heavy (non-hydrogen) atoms. The van der Waals surface area contributed by atoms with E-state index in [2.05, 4.69) is 10.4 Å². The molecule has 1 aliphatic rings. The predicted molar refractivity (Wildman–Crippen MR) is 99.5 cm³/mol. The summed E-state index contributed by atoms with van der Waals surface area (Å²) in [5.74, 6) is -2.09. The molecule has 5 nitrogen and oxygen atoms in total. The van der Waals surface area contributed by atoms with Crippen LogP contribution in [0, 0.1) is 11.6 Å². The molecule has 1 unspecified atom stereocenters. The second kappa shape index (κ2) is 7.07. The molecule has 1 aliphatic carbocycles. The highest BCUT2D eigenvalue weighted by Gasteiger charge is 2.28. The number of hydrogen-bond donors (Lipinski definition) is 2. The highest BCUT2D eigenvalue weighted by Crippen LogP contribution is 2.29. The van der Waals surface area contributed by atoms with Gasteiger partial charge in [0.2, 0.25) is 0 Å². The van der Waals surface area contributed by atoms with E-state index < -0.39 is 11.6 Å². The molecule has 0 spiro atoms. The summed E-state index contributed by atoms with van der Waals surface area (Å²) in [6.07, 6.45) is 2.30. The SMILES string of the molecule is CC(NC(=O)c1nn(-c2ccc(F)c(F)c2)c2c1CCC2)c1cccc(O)c1. The van der Waals surface area contributed by atoms with Crippen molar-refractivity contribution in [1.29, 1.82) is 0 Å². The van der Waals surface area contributed by atoms with Gasteiger partial charge in [0.05, 0.1) is 11.7 Å². The molecule has 0 fully saturated rings. The van der Waals surface area contributed by atoms with Crippen molar-refractivity contribution >= 4 is 5.91 Å². The largest absolute Gasteiger partial charge is 0.508 e. The van der Waals surface area contributed by atoms with Crippen molar-refractivity contribution in [3.63, 3.8) is 0 Å². The number of carbonyl (C=O) groups excluding carboxylic acids is 1. The Morgan fingerprint density at radius 1 is 1.18 bits per heavy atom. The van der Waals surface area contributed by atoms with Gasteiger partial charge in [0.15, 0.2) is 17.3 Å². The maximum atomic E-state index is 13.7. The number of nitrogens with one attached hydrogen (secondary N) is 1. The first-order valence-electron chi connectivity index (χ1n) is 9.10. The van der Waals surface area contributed by atoms with Crippen molar-refractivity contribution in [1.82, 2.24) is 15.1 Å². The van der Waals surface area contributed by atoms with Crippen molar-refractivity contribution in [2.24, 2.45) is 0 Å². The smallest absolute Gasteiger partial charge is 0.272 e. The van der Waals surface area contributed by atoms with Gasteiger partial charge in [-0.1, -0.05) is 12.1 Å². The van der Waals surface area contributed by atoms with Gasteiger partial charge in [-0.3, -0.25) is 4.79 Å². The maximum Gasteiger partial charge on any atom is 0.272 e. The molecule has 0 saturated heterocycles. The molecule has 0 bridgehead atoms. The second-order valence-corrected chi connectivity index (χ2v) is 6.93. The van der Waals surface area contributed by atoms with Crippen LogP contribution in [0.1, 0.15) is 46.7 Å². The Bertz CT molecular complexity index is 1060. The molecule has 4 rings (SSSR count). The molecule has 144 valence electrons. The van der Waals surface area contributed by atoms with Gasteiger partial charge >= 0.3 is 0 Å². The van der Waals surface area contributed by atoms with Crippen LogP contribution in [0.5, 0.6) is 5.75 Å². The normalized spacial score (nSPS) is 14.0. The van der Waals surface area contributed by atoms with Crippen LogP contribution in [0.15, 0.2) is 42.5 Å². The van der Waals surface area contributed by atoms with Crippen LogP contribution in [-0.2, 0) is 12.8 Å². The van der Waals surface area contributed by atoms with Gasteiger partial charge in [0.25, 0.3) is 5.91 Å². The standard InChI is InChI=1S/C21H19F2N3O2/c1-12(13-4-2-5-15(27)10-13)24-21(28)20-16-6-3-7-19(16)26(25-20)14-8-9-17(22)18(23)11-14/h2,4-5,8-12,27H,3,6-7H2,1H3,(H,24,28). The number of phenols is 1. The average Bonchev–Trinajstić information content (AvgIpc) is 3.26. The van der Waals surface area contributed by atoms with E-state index in [1.807, 2.05) is 13.0 Å². The lowest BCUT2D eigenvalue weighted by molar-refractivity contribution is 0.0933. The number of nitrogens with zero attached hydrogens (tertiary/aromatic N) is 2. The summed E-state index contributed by atoms with van der Waals surface area (Å²) in [7, 11) is 0. The first-order chi connectivity index (χ1) is 13.4. The Balaban J connectivity index is 1.65. The van der Waals surface area contributed by atoms with Crippen LogP contribution in [0.4, 0.5) is 8.78 Å². The minimum Gasteiger partial charge on any atom is -0.508 e. The van der Waals surface area contributed by atoms with E-state index >= 15 is 0 Å². The fourth-order valence-corrected chi connectivity index (χ4v) is 3.59. The summed E-state index contributed by atoms with van der Waals surface area (Å²) >= 11 is 0. The molecule has 0 radical (unpaired) electrons. The molecule has 3 aromatic rings. The number of fused-ring (bicyclic) bond motifs is 1. The third-order valence-electron chi connectivity index (χ3n) is 5.01. The van der Waals surface area contributed by atoms with Gasteiger partial charge in [0, 0.05) is 17.3 Å². The Hall–Kier alpha value is -3.22. The number of benzene rings is 2. The van der Waals surface area contributed by atoms with Crippen molar-refractivity contribution in [3.8, 4) is 11.4 Å². The number of aromatic hydroxyl groups is 1. The first-order valence-corrected chi connectivity index (χ1v) is 9.10. The fourth-order valence-electron chi connectivity index (χ4n) is 3.59. The Morgan fingerprint density at radius 2 is 2.00 bits per heavy atom. The molecule has 2 N–H and O–H groups in total. The van der Waals surface area contributed by atoms with Crippen LogP contribution < -0.4 is 5.32 Å². The molecule has 1 heterocycles. The van der Waals surface area contributed by atoms with Crippen LogP contribution in [0.25, 0.3) is 5.69 Å². The third-order valence-corrected chi connectivity index (χ3v) is 5.01. The Morgan fingerprint density at radius 3 is 2.75 bits per heavy atom. The number of carbonyl (C=O) groups is 1. The summed E-state index contributed by atoms with van der Waals surface area (Å²) in [5.41, 5.74) is 3.14. The molecule has 2 aromatic carbocycles. The molecule has 7 heteroatoms. The molecule has 0 aliphatic heterocycles. The van der Waals surface area contributed by atoms with Crippen LogP contribution in [0.3, 0.4) is 0 Å². The van der Waals surface area contributed by atoms with Crippen LogP contribution in [0.2, 0.25) is 0 Å². The van der Waals surface area contributed by atoms with E-state index in [1.165, 1.54) is 10.7 Å². The van der Waals surface area contributed by atoms with Gasteiger partial charge in [-0.15, -0.1) is 0 Å². The molecule has 1 aromatic heterocycles. The molecular weight excluding hydrogens is 364 g/mol. The summed E-state index contributed by atoms with van der Waals surface area (Å²) in [5, 5.41) is 16.9. The van der Waals surface area contributed by atoms with Crippen molar-refractivity contribution in [3.05, 3.63) is 76.6 Å². The molecule has 1 amide bonds. The summed E-state index contributed by atoms with van der Waals surface area (Å²) in [6, 6.07) is 9.93. The van der Waals surface area contributed by atoms with E-state index in [9.17, 15) is 18.7 Å². The molecule has 0 saturated carbocycles. The van der Waals surface area contributed by atoms with Crippen molar-refractivity contribution in [2.45, 2.75) is 32.2 Å². The number of rotatable bonds is 4. The van der Waals surface area contributed by atoms with Crippen molar-refractivity contribution < 1.29 is 18.7 Å². The fraction of sp³-hybridized carbons (Fsp3) is 0.238. The van der Waals surface area contributed by atoms with E-state index in [4.69, 9.17) is 0 Å². The first kappa shape index (κ1) is 18.2. The summed E-state index contributed by atoms with van der Waals surface area (Å²) in [6.45, 7) is 1.82. The number of amides is 1. The summed E-state index contributed by atoms with van der Waals surface area (Å²) < 4.78 is 28.5. The number of phenolic OH excluding ortho intramolecular Hbond substituents is 1. The van der Waals surface area contributed by atoms with Crippen LogP contribution in [-0.4, -0.2) is 20.8 Å². The topological polar surface area (TPSA) is 67.2 Å². The zero-order chi connectivity index (χ0) is 19.8. The Labute approximate surface area is 160 Å². The van der Waals surface area contributed by atoms with Gasteiger partial charge in [-0.25, -0.2) is 13.5 Å². The quantitative estimate of drug-likeness (QED) is 0.719. The molecular formula is C21H19F2N3O2.